The summed E-state index contributed by atoms with van der Waals surface area (Å²) in [5.74, 6) is 0.548. The van der Waals surface area contributed by atoms with E-state index in [4.69, 9.17) is 18.8 Å². The third-order valence-corrected chi connectivity index (χ3v) is 14.0. The van der Waals surface area contributed by atoms with Crippen LogP contribution in [0, 0.1) is 5.92 Å². The second-order valence-electron chi connectivity index (χ2n) is 18.1. The molecule has 5 nitrogen and oxygen atoms in total. The molecule has 1 unspecified atom stereocenters. The van der Waals surface area contributed by atoms with Gasteiger partial charge >= 0.3 is 0 Å². The smallest absolute Gasteiger partial charge is 0.160 e. The first-order chi connectivity index (χ1) is 33.6. The van der Waals surface area contributed by atoms with E-state index in [1.165, 1.54) is 37.9 Å². The summed E-state index contributed by atoms with van der Waals surface area (Å²) in [7, 11) is 0. The van der Waals surface area contributed by atoms with Gasteiger partial charge in [0.15, 0.2) is 5.84 Å². The van der Waals surface area contributed by atoms with E-state index in [2.05, 4.69) is 206 Å². The van der Waals surface area contributed by atoms with Gasteiger partial charge < -0.3 is 13.4 Å². The molecule has 5 heteroatoms. The number of aromatic nitrogens is 1. The Labute approximate surface area is 391 Å². The van der Waals surface area contributed by atoms with Gasteiger partial charge in [0.1, 0.15) is 22.3 Å². The lowest BCUT2D eigenvalue weighted by atomic mass is 9.90. The predicted molar refractivity (Wildman–Crippen MR) is 284 cm³/mol. The van der Waals surface area contributed by atoms with Crippen molar-refractivity contribution in [3.05, 3.63) is 229 Å². The number of hydrogen-bond donors (Lipinski definition) is 0. The number of aliphatic imine (C=N–C) groups is 2. The van der Waals surface area contributed by atoms with Gasteiger partial charge in [0.2, 0.25) is 0 Å². The van der Waals surface area contributed by atoms with Crippen molar-refractivity contribution in [2.24, 2.45) is 15.9 Å². The molecule has 0 spiro atoms. The lowest BCUT2D eigenvalue weighted by Gasteiger charge is -2.22. The standard InChI is InChI=1S/C63H41N3O2/c1-38-23-31-53(41-26-24-40(25-27-41)39-13-3-2-4-14-39)64-63(46-28-29-49-47-19-9-11-21-57(47)67-59(49)37-46)65-61(38)60-54(32-30-50-48-20-10-12-22-58(48)68-62(50)60)66-55-35-44-17-7-5-15-42(44)33-51(55)52-34-43-16-6-8-18-45(43)36-56(52)66/h2-22,24-38H,23H2,1H3/b53-31+,64-63-,65-61+. The molecule has 320 valence electrons. The number of hydrogen-bond acceptors (Lipinski definition) is 4. The Morgan fingerprint density at radius 2 is 0.956 bits per heavy atom. The summed E-state index contributed by atoms with van der Waals surface area (Å²) in [6, 6.07) is 73.4. The number of para-hydroxylation sites is 2. The topological polar surface area (TPSA) is 55.9 Å². The highest BCUT2D eigenvalue weighted by Crippen LogP contribution is 2.43. The Hall–Kier alpha value is -8.80. The molecule has 0 N–H and O–H groups in total. The number of furan rings is 2. The van der Waals surface area contributed by atoms with Crippen molar-refractivity contribution in [2.75, 3.05) is 0 Å². The average molecular weight is 872 g/mol. The molecule has 0 bridgehead atoms. The second kappa shape index (κ2) is 15.1. The van der Waals surface area contributed by atoms with Crippen molar-refractivity contribution in [1.82, 2.24) is 4.57 Å². The van der Waals surface area contributed by atoms with Crippen molar-refractivity contribution in [1.29, 1.82) is 0 Å². The van der Waals surface area contributed by atoms with Crippen molar-refractivity contribution >= 4 is 104 Å². The van der Waals surface area contributed by atoms with Gasteiger partial charge in [0.05, 0.1) is 33.7 Å². The lowest BCUT2D eigenvalue weighted by molar-refractivity contribution is 0.666. The van der Waals surface area contributed by atoms with Gasteiger partial charge in [-0.2, -0.15) is 0 Å². The molecule has 1 atom stereocenters. The SMILES string of the molecule is CC1C/C=C(c2ccc(-c3ccccc3)cc2)/N=C(c2ccc3c(c2)oc2ccccc23)\N=C/1c1c(-n2c3cc4ccccc4cc3c3cc4ccccc4cc32)ccc2c1oc1ccccc12. The van der Waals surface area contributed by atoms with Crippen LogP contribution in [0.15, 0.2) is 231 Å². The fourth-order valence-corrected chi connectivity index (χ4v) is 10.6. The molecule has 13 aromatic rings. The molecule has 1 aliphatic heterocycles. The Bertz CT molecular complexity index is 4200. The van der Waals surface area contributed by atoms with Crippen LogP contribution in [0.3, 0.4) is 0 Å². The first kappa shape index (κ1) is 38.5. The number of fused-ring (bicyclic) bond motifs is 11. The molecular weight excluding hydrogens is 831 g/mol. The molecule has 10 aromatic carbocycles. The minimum Gasteiger partial charge on any atom is -0.456 e. The molecule has 3 aromatic heterocycles. The monoisotopic (exact) mass is 871 g/mol. The van der Waals surface area contributed by atoms with Gasteiger partial charge in [-0.05, 0) is 105 Å². The molecule has 0 fully saturated rings. The summed E-state index contributed by atoms with van der Waals surface area (Å²) in [6.07, 6.45) is 2.99. The Morgan fingerprint density at radius 3 is 1.65 bits per heavy atom. The summed E-state index contributed by atoms with van der Waals surface area (Å²) >= 11 is 0. The Morgan fingerprint density at radius 1 is 0.426 bits per heavy atom. The fourth-order valence-electron chi connectivity index (χ4n) is 10.6. The highest BCUT2D eigenvalue weighted by Gasteiger charge is 2.28. The normalized spacial score (nSPS) is 16.9. The van der Waals surface area contributed by atoms with Crippen LogP contribution in [-0.4, -0.2) is 16.1 Å². The van der Waals surface area contributed by atoms with Crippen molar-refractivity contribution in [2.45, 2.75) is 13.3 Å². The van der Waals surface area contributed by atoms with E-state index in [1.807, 2.05) is 18.2 Å². The fraction of sp³-hybridized carbons (Fsp3) is 0.0476. The van der Waals surface area contributed by atoms with Crippen molar-refractivity contribution < 1.29 is 8.83 Å². The highest BCUT2D eigenvalue weighted by molar-refractivity contribution is 6.24. The molecule has 0 amide bonds. The third kappa shape index (κ3) is 6.09. The first-order valence-electron chi connectivity index (χ1n) is 23.4. The van der Waals surface area contributed by atoms with Crippen LogP contribution in [0.2, 0.25) is 0 Å². The van der Waals surface area contributed by atoms with E-state index in [-0.39, 0.29) is 5.92 Å². The largest absolute Gasteiger partial charge is 0.456 e. The average Bonchev–Trinajstić information content (AvgIpc) is 4.05. The van der Waals surface area contributed by atoms with Crippen LogP contribution in [0.5, 0.6) is 0 Å². The van der Waals surface area contributed by atoms with Crippen LogP contribution in [0.1, 0.15) is 30.0 Å². The zero-order valence-electron chi connectivity index (χ0n) is 37.1. The van der Waals surface area contributed by atoms with Gasteiger partial charge in [0.25, 0.3) is 0 Å². The van der Waals surface area contributed by atoms with Crippen LogP contribution >= 0.6 is 0 Å². The summed E-state index contributed by atoms with van der Waals surface area (Å²) in [5, 5.41) is 11.4. The minimum absolute atomic E-state index is 0.0543. The zero-order valence-corrected chi connectivity index (χ0v) is 37.1. The highest BCUT2D eigenvalue weighted by atomic mass is 16.3. The molecule has 68 heavy (non-hydrogen) atoms. The summed E-state index contributed by atoms with van der Waals surface area (Å²) in [6.45, 7) is 2.29. The van der Waals surface area contributed by atoms with E-state index < -0.39 is 0 Å². The number of rotatable bonds is 5. The number of amidine groups is 1. The predicted octanol–water partition coefficient (Wildman–Crippen LogP) is 16.9. The zero-order chi connectivity index (χ0) is 44.9. The molecule has 1 aliphatic rings. The van der Waals surface area contributed by atoms with Gasteiger partial charge in [-0.25, -0.2) is 9.98 Å². The van der Waals surface area contributed by atoms with Gasteiger partial charge in [-0.15, -0.1) is 0 Å². The Balaban J connectivity index is 1.06. The van der Waals surface area contributed by atoms with Crippen LogP contribution in [0.25, 0.3) is 110 Å². The summed E-state index contributed by atoms with van der Waals surface area (Å²) in [5.41, 5.74) is 13.5. The van der Waals surface area contributed by atoms with Gasteiger partial charge in [-0.1, -0.05) is 159 Å². The van der Waals surface area contributed by atoms with E-state index in [0.29, 0.717) is 12.3 Å². The maximum absolute atomic E-state index is 7.07. The maximum atomic E-state index is 7.07. The Kier molecular flexibility index (Phi) is 8.56. The van der Waals surface area contributed by atoms with Gasteiger partial charge in [0, 0.05) is 43.8 Å². The number of nitrogens with zero attached hydrogens (tertiary/aromatic N) is 3. The third-order valence-electron chi connectivity index (χ3n) is 14.0. The summed E-state index contributed by atoms with van der Waals surface area (Å²) in [4.78, 5) is 11.4. The van der Waals surface area contributed by atoms with Crippen LogP contribution in [0.4, 0.5) is 0 Å². The van der Waals surface area contributed by atoms with Crippen LogP contribution < -0.4 is 0 Å². The van der Waals surface area contributed by atoms with E-state index in [0.717, 1.165) is 94.3 Å². The number of benzene rings is 10. The number of allylic oxidation sites excluding steroid dienone is 1. The molecule has 0 saturated heterocycles. The minimum atomic E-state index is -0.0543. The molecule has 4 heterocycles. The van der Waals surface area contributed by atoms with Crippen molar-refractivity contribution in [3.63, 3.8) is 0 Å². The van der Waals surface area contributed by atoms with E-state index >= 15 is 0 Å². The second-order valence-corrected chi connectivity index (χ2v) is 18.1. The van der Waals surface area contributed by atoms with E-state index in [9.17, 15) is 0 Å². The van der Waals surface area contributed by atoms with Gasteiger partial charge in [-0.3, -0.25) is 0 Å². The first-order valence-corrected chi connectivity index (χ1v) is 23.4. The maximum Gasteiger partial charge on any atom is 0.160 e. The van der Waals surface area contributed by atoms with E-state index in [1.54, 1.807) is 0 Å². The molecular formula is C63H41N3O2. The molecule has 0 aliphatic carbocycles. The van der Waals surface area contributed by atoms with Crippen molar-refractivity contribution in [3.8, 4) is 16.8 Å². The lowest BCUT2D eigenvalue weighted by Crippen LogP contribution is -2.19. The quantitative estimate of drug-likeness (QED) is 0.173. The summed E-state index contributed by atoms with van der Waals surface area (Å²) < 4.78 is 16.0. The molecule has 14 rings (SSSR count). The van der Waals surface area contributed by atoms with Crippen LogP contribution in [-0.2, 0) is 0 Å². The molecule has 0 radical (unpaired) electrons. The molecule has 0 saturated carbocycles.